The number of rotatable bonds is 0. The number of aliphatic hydroxyl groups is 1. The minimum atomic E-state index is -0.968. The van der Waals surface area contributed by atoms with Gasteiger partial charge >= 0.3 is 0 Å². The first kappa shape index (κ1) is 5.38. The summed E-state index contributed by atoms with van der Waals surface area (Å²) in [5, 5.41) is 8.60. The van der Waals surface area contributed by atoms with Crippen LogP contribution in [-0.2, 0) is 0 Å². The van der Waals surface area contributed by atoms with Crippen LogP contribution in [0.4, 0.5) is 4.39 Å². The van der Waals surface area contributed by atoms with Crippen molar-refractivity contribution < 1.29 is 9.50 Å². The van der Waals surface area contributed by atoms with Crippen LogP contribution in [0.5, 0.6) is 0 Å². The van der Waals surface area contributed by atoms with E-state index in [1.54, 1.807) is 0 Å². The lowest BCUT2D eigenvalue weighted by molar-refractivity contribution is 0.118. The van der Waals surface area contributed by atoms with Gasteiger partial charge in [-0.1, -0.05) is 0 Å². The van der Waals surface area contributed by atoms with E-state index in [1.165, 1.54) is 11.8 Å². The van der Waals surface area contributed by atoms with Crippen molar-refractivity contribution in [3.8, 4) is 0 Å². The highest BCUT2D eigenvalue weighted by atomic mass is 32.2. The van der Waals surface area contributed by atoms with E-state index >= 15 is 0 Å². The van der Waals surface area contributed by atoms with Crippen LogP contribution in [0.1, 0.15) is 0 Å². The Balaban J connectivity index is 2.33. The first-order chi connectivity index (χ1) is 3.30. The molecule has 0 aromatic rings. The fourth-order valence-corrected chi connectivity index (χ4v) is 1.55. The Morgan fingerprint density at radius 2 is 2.29 bits per heavy atom. The normalized spacial score (nSPS) is 42.0. The lowest BCUT2D eigenvalue weighted by atomic mass is 10.3. The Morgan fingerprint density at radius 1 is 1.57 bits per heavy atom. The number of alkyl halides is 1. The van der Waals surface area contributed by atoms with Gasteiger partial charge in [0.25, 0.3) is 0 Å². The minimum absolute atomic E-state index is 0.473. The third-order valence-corrected chi connectivity index (χ3v) is 2.11. The van der Waals surface area contributed by atoms with Crippen molar-refractivity contribution in [1.82, 2.24) is 0 Å². The second-order valence-corrected chi connectivity index (χ2v) is 2.70. The highest BCUT2D eigenvalue weighted by molar-refractivity contribution is 7.99. The van der Waals surface area contributed by atoms with Crippen LogP contribution in [-0.4, -0.2) is 28.9 Å². The van der Waals surface area contributed by atoms with Crippen molar-refractivity contribution >= 4 is 11.8 Å². The van der Waals surface area contributed by atoms with E-state index in [1.807, 2.05) is 0 Å². The molecule has 0 aromatic heterocycles. The molecule has 1 saturated heterocycles. The van der Waals surface area contributed by atoms with Crippen molar-refractivity contribution in [2.45, 2.75) is 12.3 Å². The summed E-state index contributed by atoms with van der Waals surface area (Å²) in [7, 11) is 0. The molecule has 0 aliphatic carbocycles. The smallest absolute Gasteiger partial charge is 0.136 e. The molecular weight excluding hydrogens is 115 g/mol. The molecule has 7 heavy (non-hydrogen) atoms. The maximum Gasteiger partial charge on any atom is 0.136 e. The van der Waals surface area contributed by atoms with E-state index in [4.69, 9.17) is 5.11 Å². The number of aliphatic hydroxyl groups excluding tert-OH is 1. The fraction of sp³-hybridized carbons (Fsp3) is 1.00. The first-order valence-corrected chi connectivity index (χ1v) is 3.36. The highest BCUT2D eigenvalue weighted by Gasteiger charge is 2.24. The quantitative estimate of drug-likeness (QED) is 0.503. The summed E-state index contributed by atoms with van der Waals surface area (Å²) >= 11 is 1.47. The van der Waals surface area contributed by atoms with Crippen LogP contribution in [0, 0.1) is 0 Å². The Bertz CT molecular complexity index is 60.7. The van der Waals surface area contributed by atoms with Crippen molar-refractivity contribution in [3.05, 3.63) is 0 Å². The van der Waals surface area contributed by atoms with Gasteiger partial charge in [-0.15, -0.1) is 0 Å². The van der Waals surface area contributed by atoms with E-state index in [0.29, 0.717) is 11.5 Å². The summed E-state index contributed by atoms with van der Waals surface area (Å²) in [6.45, 7) is 0. The maximum absolute atomic E-state index is 12.0. The summed E-state index contributed by atoms with van der Waals surface area (Å²) in [5.74, 6) is 1.04. The zero-order valence-corrected chi connectivity index (χ0v) is 4.62. The molecule has 1 aliphatic rings. The van der Waals surface area contributed by atoms with Gasteiger partial charge < -0.3 is 5.11 Å². The molecule has 0 aromatic carbocycles. The van der Waals surface area contributed by atoms with Crippen LogP contribution < -0.4 is 0 Å². The molecule has 0 radical (unpaired) electrons. The maximum atomic E-state index is 12.0. The van der Waals surface area contributed by atoms with Crippen LogP contribution in [0.2, 0.25) is 0 Å². The molecule has 1 rings (SSSR count). The number of thioether (sulfide) groups is 1. The third kappa shape index (κ3) is 1.07. The van der Waals surface area contributed by atoms with Crippen LogP contribution in [0.25, 0.3) is 0 Å². The van der Waals surface area contributed by atoms with Crippen molar-refractivity contribution in [3.63, 3.8) is 0 Å². The summed E-state index contributed by atoms with van der Waals surface area (Å²) < 4.78 is 12.0. The lowest BCUT2D eigenvalue weighted by Crippen LogP contribution is -2.17. The fourth-order valence-electron chi connectivity index (χ4n) is 0.517. The summed E-state index contributed by atoms with van der Waals surface area (Å²) in [4.78, 5) is 0. The van der Waals surface area contributed by atoms with E-state index in [-0.39, 0.29) is 0 Å². The average molecular weight is 122 g/mol. The molecule has 2 atom stereocenters. The SMILES string of the molecule is O[C@@H]1CSC[C@H]1F. The van der Waals surface area contributed by atoms with E-state index < -0.39 is 12.3 Å². The average Bonchev–Trinajstić information content (AvgIpc) is 1.91. The largest absolute Gasteiger partial charge is 0.389 e. The zero-order chi connectivity index (χ0) is 5.28. The van der Waals surface area contributed by atoms with Gasteiger partial charge in [0.05, 0.1) is 6.10 Å². The molecule has 1 heterocycles. The van der Waals surface area contributed by atoms with Gasteiger partial charge in [0.15, 0.2) is 0 Å². The second kappa shape index (κ2) is 2.01. The topological polar surface area (TPSA) is 20.2 Å². The Hall–Kier alpha value is 0.240. The van der Waals surface area contributed by atoms with Crippen molar-refractivity contribution in [1.29, 1.82) is 0 Å². The molecular formula is C4H7FOS. The Kier molecular flexibility index (Phi) is 1.54. The minimum Gasteiger partial charge on any atom is -0.389 e. The van der Waals surface area contributed by atoms with Gasteiger partial charge in [0.1, 0.15) is 6.17 Å². The molecule has 0 unspecified atom stereocenters. The molecule has 42 valence electrons. The molecule has 0 bridgehead atoms. The van der Waals surface area contributed by atoms with Gasteiger partial charge in [0, 0.05) is 11.5 Å². The number of hydrogen-bond acceptors (Lipinski definition) is 2. The lowest BCUT2D eigenvalue weighted by Gasteiger charge is -1.98. The predicted molar refractivity (Wildman–Crippen MR) is 28.2 cm³/mol. The summed E-state index contributed by atoms with van der Waals surface area (Å²) in [5.41, 5.74) is 0. The first-order valence-electron chi connectivity index (χ1n) is 2.20. The van der Waals surface area contributed by atoms with Gasteiger partial charge in [-0.05, 0) is 0 Å². The Labute approximate surface area is 45.9 Å². The molecule has 0 spiro atoms. The number of hydrogen-bond donors (Lipinski definition) is 1. The molecule has 1 fully saturated rings. The highest BCUT2D eigenvalue weighted by Crippen LogP contribution is 2.19. The standard InChI is InChI=1S/C4H7FOS/c5-3-1-7-2-4(3)6/h3-4,6H,1-2H2/t3-,4-/m1/s1. The third-order valence-electron chi connectivity index (χ3n) is 0.983. The molecule has 0 amide bonds. The van der Waals surface area contributed by atoms with E-state index in [2.05, 4.69) is 0 Å². The molecule has 1 N–H and O–H groups in total. The number of halogens is 1. The zero-order valence-electron chi connectivity index (χ0n) is 3.80. The summed E-state index contributed by atoms with van der Waals surface area (Å²) in [6.07, 6.45) is -1.66. The van der Waals surface area contributed by atoms with Crippen molar-refractivity contribution in [2.24, 2.45) is 0 Å². The monoisotopic (exact) mass is 122 g/mol. The summed E-state index contributed by atoms with van der Waals surface area (Å²) in [6, 6.07) is 0. The van der Waals surface area contributed by atoms with Crippen molar-refractivity contribution in [2.75, 3.05) is 11.5 Å². The van der Waals surface area contributed by atoms with Crippen LogP contribution >= 0.6 is 11.8 Å². The van der Waals surface area contributed by atoms with Crippen LogP contribution in [0.15, 0.2) is 0 Å². The van der Waals surface area contributed by atoms with Gasteiger partial charge in [-0.3, -0.25) is 0 Å². The van der Waals surface area contributed by atoms with Gasteiger partial charge in [0.2, 0.25) is 0 Å². The van der Waals surface area contributed by atoms with E-state index in [9.17, 15) is 4.39 Å². The predicted octanol–water partition coefficient (Wildman–Crippen LogP) is 0.432. The van der Waals surface area contributed by atoms with Gasteiger partial charge in [-0.2, -0.15) is 11.8 Å². The molecule has 1 aliphatic heterocycles. The second-order valence-electron chi connectivity index (χ2n) is 1.62. The van der Waals surface area contributed by atoms with E-state index in [0.717, 1.165) is 0 Å². The molecule has 1 nitrogen and oxygen atoms in total. The Morgan fingerprint density at radius 3 is 2.43 bits per heavy atom. The molecule has 3 heteroatoms. The van der Waals surface area contributed by atoms with Gasteiger partial charge in [-0.25, -0.2) is 4.39 Å². The molecule has 0 saturated carbocycles. The van der Waals surface area contributed by atoms with Crippen LogP contribution in [0.3, 0.4) is 0 Å².